The van der Waals surface area contributed by atoms with Crippen LogP contribution < -0.4 is 21.5 Å². The number of nitrogens with zero attached hydrogens (tertiary/aromatic N) is 5. The Morgan fingerprint density at radius 2 is 1.77 bits per heavy atom. The number of carbonyl (C=O) groups is 2. The second kappa shape index (κ2) is 10.3. The van der Waals surface area contributed by atoms with Crippen molar-refractivity contribution in [3.63, 3.8) is 0 Å². The molecule has 1 atom stereocenters. The molecular formula is C24H30N6O5. The van der Waals surface area contributed by atoms with Crippen LogP contribution in [0.15, 0.2) is 39.9 Å². The van der Waals surface area contributed by atoms with Gasteiger partial charge in [0.25, 0.3) is 5.56 Å². The molecule has 0 saturated carbocycles. The molecule has 1 unspecified atom stereocenters. The van der Waals surface area contributed by atoms with Crippen molar-refractivity contribution in [2.75, 3.05) is 38.2 Å². The van der Waals surface area contributed by atoms with E-state index in [1.807, 2.05) is 18.4 Å². The molecule has 1 aliphatic heterocycles. The summed E-state index contributed by atoms with van der Waals surface area (Å²) in [5.41, 5.74) is -0.697. The Balaban J connectivity index is 1.98. The molecule has 35 heavy (non-hydrogen) atoms. The molecular weight excluding hydrogens is 452 g/mol. The predicted octanol–water partition coefficient (Wildman–Crippen LogP) is 0.796. The molecule has 0 amide bonds. The maximum Gasteiger partial charge on any atom is 0.333 e. The Morgan fingerprint density at radius 3 is 2.40 bits per heavy atom. The summed E-state index contributed by atoms with van der Waals surface area (Å²) in [6.07, 6.45) is 0.711. The second-order valence-electron chi connectivity index (χ2n) is 8.57. The van der Waals surface area contributed by atoms with Gasteiger partial charge in [0.05, 0.1) is 13.7 Å². The number of piperazine rings is 1. The third-order valence-corrected chi connectivity index (χ3v) is 6.38. The molecule has 0 aliphatic carbocycles. The number of aromatic nitrogens is 4. The molecule has 0 bridgehead atoms. The fourth-order valence-electron chi connectivity index (χ4n) is 4.27. The highest BCUT2D eigenvalue weighted by molar-refractivity contribution is 5.96. The van der Waals surface area contributed by atoms with Gasteiger partial charge < -0.3 is 19.5 Å². The van der Waals surface area contributed by atoms with Gasteiger partial charge in [-0.15, -0.1) is 0 Å². The summed E-state index contributed by atoms with van der Waals surface area (Å²) < 4.78 is 8.65. The Kier molecular flexibility index (Phi) is 7.15. The largest absolute Gasteiger partial charge is 0.468 e. The van der Waals surface area contributed by atoms with Crippen LogP contribution in [0.4, 0.5) is 5.95 Å². The number of nitrogens with one attached hydrogen (secondary N) is 1. The van der Waals surface area contributed by atoms with Crippen molar-refractivity contribution in [1.29, 1.82) is 0 Å². The summed E-state index contributed by atoms with van der Waals surface area (Å²) in [6.45, 7) is 5.98. The minimum absolute atomic E-state index is 0.111. The van der Waals surface area contributed by atoms with Gasteiger partial charge in [-0.25, -0.2) is 4.79 Å². The average Bonchev–Trinajstić information content (AvgIpc) is 3.30. The van der Waals surface area contributed by atoms with Gasteiger partial charge >= 0.3 is 11.7 Å². The van der Waals surface area contributed by atoms with Crippen LogP contribution in [0.1, 0.15) is 36.7 Å². The van der Waals surface area contributed by atoms with E-state index in [1.165, 1.54) is 7.11 Å². The maximum absolute atomic E-state index is 13.8. The zero-order valence-electron chi connectivity index (χ0n) is 20.2. The van der Waals surface area contributed by atoms with Gasteiger partial charge in [0.15, 0.2) is 16.9 Å². The summed E-state index contributed by atoms with van der Waals surface area (Å²) in [7, 11) is 1.23. The third kappa shape index (κ3) is 4.63. The van der Waals surface area contributed by atoms with E-state index < -0.39 is 30.3 Å². The number of fused-ring (bicyclic) bond motifs is 1. The highest BCUT2D eigenvalue weighted by Crippen LogP contribution is 2.26. The molecule has 3 aromatic rings. The lowest BCUT2D eigenvalue weighted by Crippen LogP contribution is -2.45. The number of ether oxygens (including phenoxy) is 1. The molecule has 1 saturated heterocycles. The van der Waals surface area contributed by atoms with E-state index >= 15 is 0 Å². The van der Waals surface area contributed by atoms with Crippen LogP contribution in [0, 0.1) is 0 Å². The molecule has 11 nitrogen and oxygen atoms in total. The number of ketones is 1. The van der Waals surface area contributed by atoms with Crippen molar-refractivity contribution < 1.29 is 14.3 Å². The van der Waals surface area contributed by atoms with E-state index in [-0.39, 0.29) is 23.0 Å². The van der Waals surface area contributed by atoms with Gasteiger partial charge in [0.2, 0.25) is 5.95 Å². The Hall–Kier alpha value is -3.73. The molecule has 2 aromatic heterocycles. The third-order valence-electron chi connectivity index (χ3n) is 6.38. The number of esters is 1. The van der Waals surface area contributed by atoms with Crippen molar-refractivity contribution in [2.45, 2.75) is 39.4 Å². The van der Waals surface area contributed by atoms with Crippen LogP contribution in [-0.4, -0.2) is 63.7 Å². The van der Waals surface area contributed by atoms with Crippen molar-refractivity contribution in [3.8, 4) is 0 Å². The first kappa shape index (κ1) is 24.4. The summed E-state index contributed by atoms with van der Waals surface area (Å²) in [4.78, 5) is 59.1. The van der Waals surface area contributed by atoms with Crippen LogP contribution in [-0.2, 0) is 22.6 Å². The molecule has 11 heteroatoms. The highest BCUT2D eigenvalue weighted by atomic mass is 16.5. The average molecular weight is 483 g/mol. The fourth-order valence-corrected chi connectivity index (χ4v) is 4.27. The molecule has 3 heterocycles. The number of hydrogen-bond donors (Lipinski definition) is 1. The lowest BCUT2D eigenvalue weighted by molar-refractivity contribution is -0.141. The van der Waals surface area contributed by atoms with E-state index in [0.717, 1.165) is 22.2 Å². The zero-order valence-corrected chi connectivity index (χ0v) is 20.2. The van der Waals surface area contributed by atoms with Crippen molar-refractivity contribution in [3.05, 3.63) is 56.7 Å². The van der Waals surface area contributed by atoms with E-state index in [1.54, 1.807) is 30.3 Å². The smallest absolute Gasteiger partial charge is 0.333 e. The molecule has 186 valence electrons. The predicted molar refractivity (Wildman–Crippen MR) is 131 cm³/mol. The zero-order chi connectivity index (χ0) is 25.1. The summed E-state index contributed by atoms with van der Waals surface area (Å²) in [5.74, 6) is -0.474. The number of imidazole rings is 1. The minimum Gasteiger partial charge on any atom is -0.468 e. The van der Waals surface area contributed by atoms with Crippen molar-refractivity contribution in [1.82, 2.24) is 24.0 Å². The van der Waals surface area contributed by atoms with Gasteiger partial charge in [-0.1, -0.05) is 37.3 Å². The number of methoxy groups -OCH3 is 1. The van der Waals surface area contributed by atoms with Gasteiger partial charge in [0.1, 0.15) is 6.54 Å². The summed E-state index contributed by atoms with van der Waals surface area (Å²) in [6, 6.07) is 8.36. The molecule has 4 rings (SSSR count). The van der Waals surface area contributed by atoms with Crippen LogP contribution in [0.3, 0.4) is 0 Å². The number of carbonyl (C=O) groups excluding carboxylic acids is 2. The first-order chi connectivity index (χ1) is 16.9. The maximum atomic E-state index is 13.8. The van der Waals surface area contributed by atoms with E-state index in [9.17, 15) is 19.2 Å². The fraction of sp³-hybridized carbons (Fsp3) is 0.458. The van der Waals surface area contributed by atoms with Gasteiger partial charge in [0, 0.05) is 37.8 Å². The summed E-state index contributed by atoms with van der Waals surface area (Å²) in [5, 5.41) is 3.29. The van der Waals surface area contributed by atoms with Crippen molar-refractivity contribution in [2.24, 2.45) is 0 Å². The van der Waals surface area contributed by atoms with E-state index in [2.05, 4.69) is 10.2 Å². The normalized spacial score (nSPS) is 14.8. The van der Waals surface area contributed by atoms with Crippen LogP contribution >= 0.6 is 0 Å². The SMILES string of the molecule is CCC(C)n1c(N2CCNCC2)nc2c1c(=O)n(CC(=O)c1ccccc1)c(=O)n2CC(=O)OC. The monoisotopic (exact) mass is 482 g/mol. The van der Waals surface area contributed by atoms with Gasteiger partial charge in [-0.3, -0.25) is 23.5 Å². The molecule has 1 N–H and O–H groups in total. The van der Waals surface area contributed by atoms with Crippen molar-refractivity contribution >= 4 is 28.9 Å². The number of hydrogen-bond acceptors (Lipinski definition) is 8. The number of anilines is 1. The second-order valence-corrected chi connectivity index (χ2v) is 8.57. The van der Waals surface area contributed by atoms with Crippen LogP contribution in [0.25, 0.3) is 11.2 Å². The first-order valence-electron chi connectivity index (χ1n) is 11.7. The Bertz CT molecular complexity index is 1350. The standard InChI is InChI=1S/C24H30N6O5/c1-4-16(2)30-20-21(26-23(30)27-12-10-25-11-13-27)28(15-19(32)35-3)24(34)29(22(20)33)14-18(31)17-8-6-5-7-9-17/h5-9,16,25H,4,10-15H2,1-3H3. The molecule has 1 fully saturated rings. The number of benzene rings is 1. The quantitative estimate of drug-likeness (QED) is 0.370. The Labute approximate surface area is 201 Å². The van der Waals surface area contributed by atoms with Crippen LogP contribution in [0.5, 0.6) is 0 Å². The minimum atomic E-state index is -0.780. The summed E-state index contributed by atoms with van der Waals surface area (Å²) >= 11 is 0. The lowest BCUT2D eigenvalue weighted by atomic mass is 10.1. The lowest BCUT2D eigenvalue weighted by Gasteiger charge is -2.30. The molecule has 1 aliphatic rings. The first-order valence-corrected chi connectivity index (χ1v) is 11.7. The molecule has 0 radical (unpaired) electrons. The number of rotatable bonds is 8. The highest BCUT2D eigenvalue weighted by Gasteiger charge is 2.28. The molecule has 1 aromatic carbocycles. The van der Waals surface area contributed by atoms with Gasteiger partial charge in [-0.05, 0) is 13.3 Å². The molecule has 0 spiro atoms. The van der Waals surface area contributed by atoms with E-state index in [4.69, 9.17) is 9.72 Å². The van der Waals surface area contributed by atoms with Crippen LogP contribution in [0.2, 0.25) is 0 Å². The number of Topliss-reactive ketones (excluding diaryl/α,β-unsaturated/α-hetero) is 1. The topological polar surface area (TPSA) is 120 Å². The Morgan fingerprint density at radius 1 is 1.09 bits per heavy atom. The van der Waals surface area contributed by atoms with Gasteiger partial charge in [-0.2, -0.15) is 4.98 Å². The van der Waals surface area contributed by atoms with E-state index in [0.29, 0.717) is 31.0 Å².